The zero-order valence-electron chi connectivity index (χ0n) is 17.9. The third kappa shape index (κ3) is 6.09. The topological polar surface area (TPSA) is 76.7 Å². The summed E-state index contributed by atoms with van der Waals surface area (Å²) in [5.41, 5.74) is 3.49. The Hall–Kier alpha value is -3.80. The summed E-state index contributed by atoms with van der Waals surface area (Å²) < 4.78 is 11.0. The molecule has 0 unspecified atom stereocenters. The minimum atomic E-state index is -0.346. The Labute approximate surface area is 182 Å². The molecule has 0 saturated carbocycles. The van der Waals surface area contributed by atoms with Gasteiger partial charge in [-0.05, 0) is 68.8 Å². The number of rotatable bonds is 8. The Kier molecular flexibility index (Phi) is 7.27. The summed E-state index contributed by atoms with van der Waals surface area (Å²) in [6, 6.07) is 19.7. The lowest BCUT2D eigenvalue weighted by atomic mass is 10.1. The van der Waals surface area contributed by atoms with Crippen LogP contribution in [0.3, 0.4) is 0 Å². The van der Waals surface area contributed by atoms with Crippen molar-refractivity contribution in [1.82, 2.24) is 0 Å². The molecule has 0 aromatic heterocycles. The van der Waals surface area contributed by atoms with Crippen LogP contribution in [0.5, 0.6) is 11.5 Å². The number of benzene rings is 3. The quantitative estimate of drug-likeness (QED) is 0.541. The Bertz CT molecular complexity index is 1060. The van der Waals surface area contributed by atoms with Gasteiger partial charge >= 0.3 is 0 Å². The first-order chi connectivity index (χ1) is 15.0. The van der Waals surface area contributed by atoms with Crippen LogP contribution in [0.2, 0.25) is 0 Å². The first kappa shape index (κ1) is 21.9. The highest BCUT2D eigenvalue weighted by molar-refractivity contribution is 6.10. The molecule has 0 fully saturated rings. The second kappa shape index (κ2) is 10.3. The minimum Gasteiger partial charge on any atom is -0.494 e. The number of nitrogens with one attached hydrogen (secondary N) is 2. The average molecular weight is 418 g/mol. The lowest BCUT2D eigenvalue weighted by molar-refractivity contribution is -0.118. The van der Waals surface area contributed by atoms with Crippen molar-refractivity contribution in [2.75, 3.05) is 23.8 Å². The molecule has 0 aliphatic heterocycles. The van der Waals surface area contributed by atoms with Crippen molar-refractivity contribution < 1.29 is 19.1 Å². The highest BCUT2D eigenvalue weighted by Gasteiger charge is 2.14. The maximum atomic E-state index is 12.8. The number of hydrogen-bond donors (Lipinski definition) is 2. The lowest BCUT2D eigenvalue weighted by Gasteiger charge is -2.13. The molecular formula is C25H26N2O4. The van der Waals surface area contributed by atoms with E-state index in [0.29, 0.717) is 29.3 Å². The third-order valence-electron chi connectivity index (χ3n) is 4.56. The van der Waals surface area contributed by atoms with Crippen molar-refractivity contribution >= 4 is 23.2 Å². The van der Waals surface area contributed by atoms with Gasteiger partial charge in [-0.2, -0.15) is 0 Å². The van der Waals surface area contributed by atoms with E-state index in [0.717, 1.165) is 16.9 Å². The number of para-hydroxylation sites is 1. The largest absolute Gasteiger partial charge is 0.494 e. The molecule has 0 aliphatic carbocycles. The molecule has 0 heterocycles. The van der Waals surface area contributed by atoms with Crippen molar-refractivity contribution in [3.63, 3.8) is 0 Å². The molecule has 6 heteroatoms. The molecule has 0 aliphatic rings. The SMILES string of the molecule is CCOc1ccc(NC(=O)c2ccccc2NC(=O)COc2ccc(C)cc2C)cc1. The molecule has 0 bridgehead atoms. The van der Waals surface area contributed by atoms with E-state index < -0.39 is 0 Å². The van der Waals surface area contributed by atoms with Crippen molar-refractivity contribution in [3.8, 4) is 11.5 Å². The summed E-state index contributed by atoms with van der Waals surface area (Å²) in [5.74, 6) is 0.718. The normalized spacial score (nSPS) is 10.3. The van der Waals surface area contributed by atoms with Crippen LogP contribution in [0.25, 0.3) is 0 Å². The van der Waals surface area contributed by atoms with Gasteiger partial charge in [-0.3, -0.25) is 9.59 Å². The molecule has 2 amide bonds. The van der Waals surface area contributed by atoms with Gasteiger partial charge < -0.3 is 20.1 Å². The van der Waals surface area contributed by atoms with Gasteiger partial charge in [-0.25, -0.2) is 0 Å². The highest BCUT2D eigenvalue weighted by Crippen LogP contribution is 2.21. The Morgan fingerprint density at radius 2 is 1.61 bits per heavy atom. The van der Waals surface area contributed by atoms with Gasteiger partial charge in [0.2, 0.25) is 0 Å². The van der Waals surface area contributed by atoms with Crippen LogP contribution >= 0.6 is 0 Å². The molecule has 3 aromatic rings. The number of hydrogen-bond acceptors (Lipinski definition) is 4. The number of ether oxygens (including phenoxy) is 2. The fourth-order valence-electron chi connectivity index (χ4n) is 3.08. The molecule has 31 heavy (non-hydrogen) atoms. The molecular weight excluding hydrogens is 392 g/mol. The van der Waals surface area contributed by atoms with Crippen LogP contribution in [0, 0.1) is 13.8 Å². The molecule has 0 atom stereocenters. The van der Waals surface area contributed by atoms with E-state index >= 15 is 0 Å². The fraction of sp³-hybridized carbons (Fsp3) is 0.200. The maximum Gasteiger partial charge on any atom is 0.262 e. The zero-order chi connectivity index (χ0) is 22.2. The summed E-state index contributed by atoms with van der Waals surface area (Å²) in [7, 11) is 0. The van der Waals surface area contributed by atoms with E-state index in [1.165, 1.54) is 0 Å². The summed E-state index contributed by atoms with van der Waals surface area (Å²) in [6.07, 6.45) is 0. The number of anilines is 2. The standard InChI is InChI=1S/C25H26N2O4/c1-4-30-20-12-10-19(11-13-20)26-25(29)21-7-5-6-8-22(21)27-24(28)16-31-23-14-9-17(2)15-18(23)3/h5-15H,4,16H2,1-3H3,(H,26,29)(H,27,28). The van der Waals surface area contributed by atoms with Crippen LogP contribution < -0.4 is 20.1 Å². The predicted octanol–water partition coefficient (Wildman–Crippen LogP) is 4.97. The monoisotopic (exact) mass is 418 g/mol. The first-order valence-electron chi connectivity index (χ1n) is 10.1. The summed E-state index contributed by atoms with van der Waals surface area (Å²) >= 11 is 0. The van der Waals surface area contributed by atoms with E-state index in [2.05, 4.69) is 10.6 Å². The van der Waals surface area contributed by atoms with E-state index in [4.69, 9.17) is 9.47 Å². The number of carbonyl (C=O) groups excluding carboxylic acids is 2. The van der Waals surface area contributed by atoms with Crippen molar-refractivity contribution in [2.45, 2.75) is 20.8 Å². The molecule has 3 aromatic carbocycles. The van der Waals surface area contributed by atoms with Gasteiger partial charge in [-0.1, -0.05) is 29.8 Å². The molecule has 0 spiro atoms. The van der Waals surface area contributed by atoms with Gasteiger partial charge in [0.15, 0.2) is 6.61 Å². The van der Waals surface area contributed by atoms with Crippen molar-refractivity contribution in [2.24, 2.45) is 0 Å². The molecule has 2 N–H and O–H groups in total. The summed E-state index contributed by atoms with van der Waals surface area (Å²) in [5, 5.41) is 5.59. The Morgan fingerprint density at radius 1 is 0.871 bits per heavy atom. The predicted molar refractivity (Wildman–Crippen MR) is 122 cm³/mol. The van der Waals surface area contributed by atoms with Gasteiger partial charge in [0.1, 0.15) is 11.5 Å². The second-order valence-corrected chi connectivity index (χ2v) is 7.06. The summed E-state index contributed by atoms with van der Waals surface area (Å²) in [6.45, 7) is 6.26. The van der Waals surface area contributed by atoms with Gasteiger partial charge in [-0.15, -0.1) is 0 Å². The molecule has 6 nitrogen and oxygen atoms in total. The molecule has 160 valence electrons. The third-order valence-corrected chi connectivity index (χ3v) is 4.56. The Balaban J connectivity index is 1.63. The molecule has 3 rings (SSSR count). The van der Waals surface area contributed by atoms with E-state index in [1.807, 2.05) is 39.0 Å². The summed E-state index contributed by atoms with van der Waals surface area (Å²) in [4.78, 5) is 25.2. The average Bonchev–Trinajstić information content (AvgIpc) is 2.75. The van der Waals surface area contributed by atoms with Gasteiger partial charge in [0.05, 0.1) is 17.9 Å². The van der Waals surface area contributed by atoms with Crippen molar-refractivity contribution in [3.05, 3.63) is 83.4 Å². The van der Waals surface area contributed by atoms with Crippen LogP contribution in [-0.4, -0.2) is 25.0 Å². The van der Waals surface area contributed by atoms with E-state index in [9.17, 15) is 9.59 Å². The van der Waals surface area contributed by atoms with E-state index in [1.54, 1.807) is 48.5 Å². The number of amides is 2. The maximum absolute atomic E-state index is 12.8. The van der Waals surface area contributed by atoms with Gasteiger partial charge in [0, 0.05) is 5.69 Å². The highest BCUT2D eigenvalue weighted by atomic mass is 16.5. The lowest BCUT2D eigenvalue weighted by Crippen LogP contribution is -2.23. The molecule has 0 radical (unpaired) electrons. The first-order valence-corrected chi connectivity index (χ1v) is 10.1. The minimum absolute atomic E-state index is 0.154. The van der Waals surface area contributed by atoms with Gasteiger partial charge in [0.25, 0.3) is 11.8 Å². The fourth-order valence-corrected chi connectivity index (χ4v) is 3.08. The van der Waals surface area contributed by atoms with Crippen LogP contribution in [0.15, 0.2) is 66.7 Å². The van der Waals surface area contributed by atoms with E-state index in [-0.39, 0.29) is 18.4 Å². The second-order valence-electron chi connectivity index (χ2n) is 7.06. The Morgan fingerprint density at radius 3 is 2.32 bits per heavy atom. The zero-order valence-corrected chi connectivity index (χ0v) is 17.9. The van der Waals surface area contributed by atoms with Crippen LogP contribution in [0.1, 0.15) is 28.4 Å². The van der Waals surface area contributed by atoms with Crippen LogP contribution in [0.4, 0.5) is 11.4 Å². The van der Waals surface area contributed by atoms with Crippen molar-refractivity contribution in [1.29, 1.82) is 0 Å². The number of carbonyl (C=O) groups is 2. The number of aryl methyl sites for hydroxylation is 2. The smallest absolute Gasteiger partial charge is 0.262 e. The van der Waals surface area contributed by atoms with Crippen LogP contribution in [-0.2, 0) is 4.79 Å². The molecule has 0 saturated heterocycles.